The first-order chi connectivity index (χ1) is 11.4. The van der Waals surface area contributed by atoms with Crippen LogP contribution in [0.1, 0.15) is 6.92 Å². The molecule has 0 fully saturated rings. The highest BCUT2D eigenvalue weighted by atomic mass is 35.5. The van der Waals surface area contributed by atoms with E-state index in [0.29, 0.717) is 22.9 Å². The van der Waals surface area contributed by atoms with E-state index >= 15 is 0 Å². The van der Waals surface area contributed by atoms with Crippen molar-refractivity contribution >= 4 is 29.0 Å². The van der Waals surface area contributed by atoms with Crippen LogP contribution < -0.4 is 19.5 Å². The number of benzene rings is 1. The van der Waals surface area contributed by atoms with Crippen LogP contribution in [0.15, 0.2) is 23.8 Å². The molecule has 0 saturated carbocycles. The molecule has 128 valence electrons. The first kappa shape index (κ1) is 19.4. The summed E-state index contributed by atoms with van der Waals surface area (Å²) in [5.74, 6) is 1.55. The third-order valence-electron chi connectivity index (χ3n) is 2.94. The summed E-state index contributed by atoms with van der Waals surface area (Å²) in [6.07, 6.45) is 6.38. The Bertz CT molecular complexity index is 678. The minimum Gasteiger partial charge on any atom is -0.493 e. The van der Waals surface area contributed by atoms with E-state index in [1.54, 1.807) is 6.92 Å². The van der Waals surface area contributed by atoms with Gasteiger partial charge in [0.05, 0.1) is 26.9 Å². The fourth-order valence-electron chi connectivity index (χ4n) is 1.91. The van der Waals surface area contributed by atoms with Crippen LogP contribution in [0, 0.1) is 12.3 Å². The van der Waals surface area contributed by atoms with Gasteiger partial charge in [0.1, 0.15) is 0 Å². The number of hydrogen-bond acceptors (Lipinski definition) is 5. The van der Waals surface area contributed by atoms with Crippen molar-refractivity contribution < 1.29 is 23.8 Å². The largest absolute Gasteiger partial charge is 0.493 e. The summed E-state index contributed by atoms with van der Waals surface area (Å²) in [5, 5.41) is 2.03. The van der Waals surface area contributed by atoms with Crippen LogP contribution >= 0.6 is 11.6 Å². The Kier molecular flexibility index (Phi) is 7.15. The van der Waals surface area contributed by atoms with E-state index in [1.165, 1.54) is 39.5 Å². The van der Waals surface area contributed by atoms with Gasteiger partial charge in [0, 0.05) is 23.2 Å². The lowest BCUT2D eigenvalue weighted by atomic mass is 10.1. The average molecular weight is 352 g/mol. The topological polar surface area (TPSA) is 73.9 Å². The van der Waals surface area contributed by atoms with Crippen LogP contribution in [0.2, 0.25) is 0 Å². The molecule has 1 amide bonds. The summed E-state index contributed by atoms with van der Waals surface area (Å²) in [4.78, 5) is 24.1. The second kappa shape index (κ2) is 8.85. The number of rotatable bonds is 7. The van der Waals surface area contributed by atoms with E-state index in [1.807, 2.05) is 5.92 Å². The Hall–Kier alpha value is -2.65. The van der Waals surface area contributed by atoms with Crippen molar-refractivity contribution in [2.75, 3.05) is 26.6 Å². The Morgan fingerprint density at radius 3 is 2.12 bits per heavy atom. The van der Waals surface area contributed by atoms with Crippen molar-refractivity contribution in [3.8, 4) is 29.6 Å². The summed E-state index contributed by atoms with van der Waals surface area (Å²) in [7, 11) is 4.36. The van der Waals surface area contributed by atoms with Crippen molar-refractivity contribution in [2.24, 2.45) is 0 Å². The molecule has 0 aliphatic rings. The van der Waals surface area contributed by atoms with Crippen LogP contribution in [-0.2, 0) is 9.59 Å². The van der Waals surface area contributed by atoms with Gasteiger partial charge < -0.3 is 19.5 Å². The number of carbonyl (C=O) groups excluding carboxylic acids is 2. The Morgan fingerprint density at radius 1 is 1.21 bits per heavy atom. The summed E-state index contributed by atoms with van der Waals surface area (Å²) < 4.78 is 15.6. The molecule has 0 aliphatic heterocycles. The van der Waals surface area contributed by atoms with Crippen LogP contribution in [0.4, 0.5) is 5.69 Å². The van der Waals surface area contributed by atoms with Crippen molar-refractivity contribution in [2.45, 2.75) is 12.3 Å². The summed E-state index contributed by atoms with van der Waals surface area (Å²) in [5.41, 5.74) is 0.126. The number of terminal acetylenes is 1. The minimum absolute atomic E-state index is 0.214. The molecule has 0 radical (unpaired) electrons. The van der Waals surface area contributed by atoms with Crippen molar-refractivity contribution in [1.29, 1.82) is 0 Å². The number of hydrogen-bond donors (Lipinski definition) is 1. The molecule has 1 N–H and O–H groups in total. The third-order valence-corrected chi connectivity index (χ3v) is 3.07. The van der Waals surface area contributed by atoms with Gasteiger partial charge in [0.25, 0.3) is 5.91 Å². The number of nitrogens with one attached hydrogen (secondary N) is 1. The van der Waals surface area contributed by atoms with Gasteiger partial charge in [0.15, 0.2) is 11.5 Å². The number of ketones is 1. The van der Waals surface area contributed by atoms with Gasteiger partial charge in [-0.3, -0.25) is 9.59 Å². The molecule has 24 heavy (non-hydrogen) atoms. The second-order valence-corrected chi connectivity index (χ2v) is 5.29. The molecule has 7 heteroatoms. The van der Waals surface area contributed by atoms with E-state index in [-0.39, 0.29) is 5.57 Å². The predicted molar refractivity (Wildman–Crippen MR) is 92.0 cm³/mol. The smallest absolute Gasteiger partial charge is 0.260 e. The zero-order chi connectivity index (χ0) is 18.3. The molecule has 0 aliphatic carbocycles. The number of alkyl halides is 1. The second-order valence-electron chi connectivity index (χ2n) is 4.60. The van der Waals surface area contributed by atoms with E-state index < -0.39 is 17.1 Å². The van der Waals surface area contributed by atoms with E-state index in [9.17, 15) is 9.59 Å². The molecule has 1 unspecified atom stereocenters. The van der Waals surface area contributed by atoms with Crippen molar-refractivity contribution in [1.82, 2.24) is 0 Å². The summed E-state index contributed by atoms with van der Waals surface area (Å²) in [6, 6.07) is 3.06. The molecule has 0 heterocycles. The molecule has 0 spiro atoms. The molecule has 1 aromatic carbocycles. The normalized spacial score (nSPS) is 11.9. The lowest BCUT2D eigenvalue weighted by Gasteiger charge is -2.15. The maximum atomic E-state index is 12.3. The van der Waals surface area contributed by atoms with E-state index in [2.05, 4.69) is 5.32 Å². The lowest BCUT2D eigenvalue weighted by Crippen LogP contribution is -2.20. The zero-order valence-corrected chi connectivity index (χ0v) is 14.6. The third kappa shape index (κ3) is 4.67. The van der Waals surface area contributed by atoms with Gasteiger partial charge in [0.2, 0.25) is 11.5 Å². The lowest BCUT2D eigenvalue weighted by molar-refractivity contribution is -0.117. The number of anilines is 1. The van der Waals surface area contributed by atoms with Gasteiger partial charge in [-0.15, -0.1) is 18.0 Å². The van der Waals surface area contributed by atoms with Crippen LogP contribution in [0.5, 0.6) is 17.2 Å². The fourth-order valence-corrected chi connectivity index (χ4v) is 2.04. The van der Waals surface area contributed by atoms with Gasteiger partial charge in [-0.2, -0.15) is 0 Å². The number of amides is 1. The summed E-state index contributed by atoms with van der Waals surface area (Å²) >= 11 is 5.82. The number of ether oxygens (including phenoxy) is 3. The SMILES string of the molecule is C#CC(=O)/C(=C\C(C)Cl)C(=O)Nc1cc(OC)c(OC)c(OC)c1. The number of halogens is 1. The molecule has 6 nitrogen and oxygen atoms in total. The standard InChI is InChI=1S/C17H18ClNO5/c1-6-13(20)12(7-10(2)18)17(21)19-11-8-14(22-3)16(24-5)15(9-11)23-4/h1,7-10H,2-5H3,(H,19,21)/b12-7+. The quantitative estimate of drug-likeness (QED) is 0.204. The van der Waals surface area contributed by atoms with Crippen LogP contribution in [-0.4, -0.2) is 38.4 Å². The first-order valence-electron chi connectivity index (χ1n) is 6.86. The van der Waals surface area contributed by atoms with Gasteiger partial charge in [-0.05, 0) is 18.9 Å². The zero-order valence-electron chi connectivity index (χ0n) is 13.8. The Labute approximate surface area is 145 Å². The maximum absolute atomic E-state index is 12.3. The van der Waals surface area contributed by atoms with Crippen LogP contribution in [0.3, 0.4) is 0 Å². The monoisotopic (exact) mass is 351 g/mol. The molecule has 1 atom stereocenters. The highest BCUT2D eigenvalue weighted by Gasteiger charge is 2.20. The number of carbonyl (C=O) groups is 2. The highest BCUT2D eigenvalue weighted by Crippen LogP contribution is 2.40. The molecule has 1 aromatic rings. The number of Topliss-reactive ketones (excluding diaryl/α,β-unsaturated/α-hetero) is 1. The predicted octanol–water partition coefficient (Wildman–Crippen LogP) is 2.41. The van der Waals surface area contributed by atoms with E-state index in [4.69, 9.17) is 32.2 Å². The van der Waals surface area contributed by atoms with Crippen LogP contribution in [0.25, 0.3) is 0 Å². The summed E-state index contributed by atoms with van der Waals surface area (Å²) in [6.45, 7) is 1.61. The Balaban J connectivity index is 3.22. The van der Waals surface area contributed by atoms with Crippen molar-refractivity contribution in [3.05, 3.63) is 23.8 Å². The van der Waals surface area contributed by atoms with Gasteiger partial charge in [-0.1, -0.05) is 0 Å². The minimum atomic E-state index is -0.757. The van der Waals surface area contributed by atoms with Crippen molar-refractivity contribution in [3.63, 3.8) is 0 Å². The molecule has 0 bridgehead atoms. The molecular formula is C17H18ClNO5. The number of methoxy groups -OCH3 is 3. The van der Waals surface area contributed by atoms with E-state index in [0.717, 1.165) is 0 Å². The maximum Gasteiger partial charge on any atom is 0.260 e. The highest BCUT2D eigenvalue weighted by molar-refractivity contribution is 6.30. The Morgan fingerprint density at radius 2 is 1.75 bits per heavy atom. The van der Waals surface area contributed by atoms with Gasteiger partial charge in [-0.25, -0.2) is 0 Å². The molecule has 0 saturated heterocycles. The molecule has 0 aromatic heterocycles. The molecular weight excluding hydrogens is 334 g/mol. The fraction of sp³-hybridized carbons (Fsp3) is 0.294. The molecule has 1 rings (SSSR count). The first-order valence-corrected chi connectivity index (χ1v) is 7.29. The average Bonchev–Trinajstić information content (AvgIpc) is 2.57. The van der Waals surface area contributed by atoms with Gasteiger partial charge >= 0.3 is 0 Å². The number of allylic oxidation sites excluding steroid dienone is 1.